The van der Waals surface area contributed by atoms with Crippen molar-refractivity contribution in [1.82, 2.24) is 9.80 Å². The summed E-state index contributed by atoms with van der Waals surface area (Å²) in [4.78, 5) is 31.8. The van der Waals surface area contributed by atoms with E-state index in [1.54, 1.807) is 16.2 Å². The zero-order valence-corrected chi connectivity index (χ0v) is 21.1. The van der Waals surface area contributed by atoms with Crippen molar-refractivity contribution in [2.75, 3.05) is 19.7 Å². The van der Waals surface area contributed by atoms with Crippen molar-refractivity contribution in [3.63, 3.8) is 0 Å². The smallest absolute Gasteiger partial charge is 0.254 e. The van der Waals surface area contributed by atoms with Gasteiger partial charge in [-0.05, 0) is 74.9 Å². The average molecular weight is 477 g/mol. The average Bonchev–Trinajstić information content (AvgIpc) is 3.31. The van der Waals surface area contributed by atoms with Crippen LogP contribution in [0.15, 0.2) is 60.0 Å². The lowest BCUT2D eigenvalue weighted by Gasteiger charge is -2.37. The number of rotatable bonds is 7. The SMILES string of the molecule is Cc1ccc(OC[C@H]2c3ccsc3CCN2C(=O)CN(C(=O)c2ccccc2C)C(C)C)cc1. The minimum Gasteiger partial charge on any atom is -0.491 e. The molecule has 0 N–H and O–H groups in total. The number of thiophene rings is 1. The van der Waals surface area contributed by atoms with Crippen molar-refractivity contribution >= 4 is 23.2 Å². The van der Waals surface area contributed by atoms with Crippen LogP contribution in [0.3, 0.4) is 0 Å². The number of aryl methyl sites for hydroxylation is 2. The summed E-state index contributed by atoms with van der Waals surface area (Å²) in [5.74, 6) is 0.631. The third-order valence-corrected chi connectivity index (χ3v) is 7.41. The zero-order chi connectivity index (χ0) is 24.2. The predicted molar refractivity (Wildman–Crippen MR) is 137 cm³/mol. The normalized spacial score (nSPS) is 15.2. The van der Waals surface area contributed by atoms with Crippen molar-refractivity contribution in [3.8, 4) is 5.75 Å². The van der Waals surface area contributed by atoms with E-state index >= 15 is 0 Å². The summed E-state index contributed by atoms with van der Waals surface area (Å²) in [7, 11) is 0. The van der Waals surface area contributed by atoms with Crippen LogP contribution in [-0.4, -0.2) is 47.4 Å². The molecule has 0 saturated heterocycles. The predicted octanol–water partition coefficient (Wildman–Crippen LogP) is 5.42. The second-order valence-electron chi connectivity index (χ2n) is 9.12. The van der Waals surface area contributed by atoms with Crippen molar-refractivity contribution in [2.45, 2.75) is 46.2 Å². The first-order valence-corrected chi connectivity index (χ1v) is 12.6. The first-order valence-electron chi connectivity index (χ1n) is 11.8. The third kappa shape index (κ3) is 5.17. The van der Waals surface area contributed by atoms with Gasteiger partial charge in [-0.3, -0.25) is 9.59 Å². The Morgan fingerprint density at radius 1 is 1.09 bits per heavy atom. The quantitative estimate of drug-likeness (QED) is 0.457. The van der Waals surface area contributed by atoms with Crippen molar-refractivity contribution < 1.29 is 14.3 Å². The number of nitrogens with zero attached hydrogens (tertiary/aromatic N) is 2. The van der Waals surface area contributed by atoms with E-state index in [9.17, 15) is 9.59 Å². The molecule has 3 aromatic rings. The topological polar surface area (TPSA) is 49.9 Å². The summed E-state index contributed by atoms with van der Waals surface area (Å²) in [6.07, 6.45) is 0.827. The second-order valence-corrected chi connectivity index (χ2v) is 10.1. The maximum absolute atomic E-state index is 13.6. The van der Waals surface area contributed by atoms with Gasteiger partial charge < -0.3 is 14.5 Å². The maximum atomic E-state index is 13.6. The lowest BCUT2D eigenvalue weighted by Crippen LogP contribution is -2.49. The molecular weight excluding hydrogens is 444 g/mol. The van der Waals surface area contributed by atoms with Crippen LogP contribution in [0.5, 0.6) is 5.75 Å². The Hall–Kier alpha value is -3.12. The molecule has 5 nitrogen and oxygen atoms in total. The molecule has 34 heavy (non-hydrogen) atoms. The molecule has 178 valence electrons. The number of hydrogen-bond donors (Lipinski definition) is 0. The van der Waals surface area contributed by atoms with Gasteiger partial charge in [0.15, 0.2) is 0 Å². The van der Waals surface area contributed by atoms with Crippen LogP contribution in [-0.2, 0) is 11.2 Å². The van der Waals surface area contributed by atoms with Crippen LogP contribution in [0.4, 0.5) is 0 Å². The summed E-state index contributed by atoms with van der Waals surface area (Å²) in [6.45, 7) is 8.93. The molecular formula is C28H32N2O3S. The summed E-state index contributed by atoms with van der Waals surface area (Å²) in [6, 6.07) is 17.3. The standard InChI is InChI=1S/C28H32N2O3S/c1-19(2)30(28(32)23-8-6-5-7-21(23)4)17-27(31)29-15-13-26-24(14-16-34-26)25(29)18-33-22-11-9-20(3)10-12-22/h5-12,14,16,19,25H,13,15,17-18H2,1-4H3/t25-/m0/s1. The molecule has 0 radical (unpaired) electrons. The Morgan fingerprint density at radius 3 is 2.53 bits per heavy atom. The van der Waals surface area contributed by atoms with Gasteiger partial charge in [0.2, 0.25) is 5.91 Å². The highest BCUT2D eigenvalue weighted by Gasteiger charge is 2.34. The number of hydrogen-bond acceptors (Lipinski definition) is 4. The first kappa shape index (κ1) is 24.0. The zero-order valence-electron chi connectivity index (χ0n) is 20.3. The molecule has 0 bridgehead atoms. The van der Waals surface area contributed by atoms with E-state index in [2.05, 4.69) is 11.4 Å². The van der Waals surface area contributed by atoms with Crippen LogP contribution in [0, 0.1) is 13.8 Å². The number of carbonyl (C=O) groups excluding carboxylic acids is 2. The van der Waals surface area contributed by atoms with Gasteiger partial charge in [0.1, 0.15) is 18.9 Å². The van der Waals surface area contributed by atoms with Crippen LogP contribution in [0.25, 0.3) is 0 Å². The fourth-order valence-corrected chi connectivity index (χ4v) is 5.31. The molecule has 0 spiro atoms. The number of carbonyl (C=O) groups is 2. The number of fused-ring (bicyclic) bond motifs is 1. The molecule has 1 aliphatic rings. The molecule has 0 fully saturated rings. The largest absolute Gasteiger partial charge is 0.491 e. The van der Waals surface area contributed by atoms with E-state index in [0.717, 1.165) is 23.3 Å². The minimum absolute atomic E-state index is 0.0470. The number of amides is 2. The van der Waals surface area contributed by atoms with Crippen molar-refractivity contribution in [2.24, 2.45) is 0 Å². The maximum Gasteiger partial charge on any atom is 0.254 e. The molecule has 2 heterocycles. The van der Waals surface area contributed by atoms with Gasteiger partial charge in [-0.15, -0.1) is 11.3 Å². The van der Waals surface area contributed by atoms with Gasteiger partial charge in [-0.25, -0.2) is 0 Å². The summed E-state index contributed by atoms with van der Waals surface area (Å²) >= 11 is 1.73. The van der Waals surface area contributed by atoms with E-state index in [4.69, 9.17) is 4.74 Å². The van der Waals surface area contributed by atoms with Crippen LogP contribution in [0.1, 0.15) is 51.8 Å². The van der Waals surface area contributed by atoms with E-state index in [0.29, 0.717) is 18.7 Å². The van der Waals surface area contributed by atoms with Crippen molar-refractivity contribution in [1.29, 1.82) is 0 Å². The van der Waals surface area contributed by atoms with E-state index in [1.165, 1.54) is 10.4 Å². The Balaban J connectivity index is 1.54. The fraction of sp³-hybridized carbons (Fsp3) is 0.357. The van der Waals surface area contributed by atoms with Gasteiger partial charge in [0.05, 0.1) is 6.04 Å². The number of benzene rings is 2. The molecule has 4 rings (SSSR count). The molecule has 0 aliphatic carbocycles. The summed E-state index contributed by atoms with van der Waals surface area (Å²) < 4.78 is 6.12. The Labute approximate surface area is 206 Å². The first-order chi connectivity index (χ1) is 16.3. The molecule has 2 aromatic carbocycles. The molecule has 6 heteroatoms. The molecule has 2 amide bonds. The fourth-order valence-electron chi connectivity index (χ4n) is 4.38. The van der Waals surface area contributed by atoms with Gasteiger partial charge >= 0.3 is 0 Å². The molecule has 0 unspecified atom stereocenters. The molecule has 1 aliphatic heterocycles. The van der Waals surface area contributed by atoms with Crippen molar-refractivity contribution in [3.05, 3.63) is 87.1 Å². The third-order valence-electron chi connectivity index (χ3n) is 6.41. The Kier molecular flexibility index (Phi) is 7.37. The van der Waals surface area contributed by atoms with Crippen LogP contribution >= 0.6 is 11.3 Å². The Bertz CT molecular complexity index is 1150. The summed E-state index contributed by atoms with van der Waals surface area (Å²) in [5, 5.41) is 2.08. The molecule has 1 atom stereocenters. The van der Waals surface area contributed by atoms with E-state index in [-0.39, 0.29) is 30.4 Å². The van der Waals surface area contributed by atoms with Gasteiger partial charge in [0.25, 0.3) is 5.91 Å². The summed E-state index contributed by atoms with van der Waals surface area (Å²) in [5.41, 5.74) is 3.88. The Morgan fingerprint density at radius 2 is 1.82 bits per heavy atom. The van der Waals surface area contributed by atoms with Crippen LogP contribution < -0.4 is 4.74 Å². The molecule has 0 saturated carbocycles. The van der Waals surface area contributed by atoms with Gasteiger partial charge in [-0.2, -0.15) is 0 Å². The molecule has 1 aromatic heterocycles. The van der Waals surface area contributed by atoms with E-state index < -0.39 is 0 Å². The second kappa shape index (κ2) is 10.4. The van der Waals surface area contributed by atoms with Gasteiger partial charge in [0, 0.05) is 23.0 Å². The van der Waals surface area contributed by atoms with Crippen LogP contribution in [0.2, 0.25) is 0 Å². The highest BCUT2D eigenvalue weighted by Crippen LogP contribution is 2.34. The minimum atomic E-state index is -0.175. The monoisotopic (exact) mass is 476 g/mol. The lowest BCUT2D eigenvalue weighted by atomic mass is 10.00. The number of ether oxygens (including phenoxy) is 1. The lowest BCUT2D eigenvalue weighted by molar-refractivity contribution is -0.136. The van der Waals surface area contributed by atoms with E-state index in [1.807, 2.05) is 81.1 Å². The highest BCUT2D eigenvalue weighted by atomic mass is 32.1. The van der Waals surface area contributed by atoms with Gasteiger partial charge in [-0.1, -0.05) is 35.9 Å². The highest BCUT2D eigenvalue weighted by molar-refractivity contribution is 7.10.